The van der Waals surface area contributed by atoms with E-state index in [0.717, 1.165) is 4.57 Å². The molecule has 10 heteroatoms. The van der Waals surface area contributed by atoms with Gasteiger partial charge in [-0.15, -0.1) is 0 Å². The first kappa shape index (κ1) is 20.6. The Kier molecular flexibility index (Phi) is 4.99. The largest absolute Gasteiger partial charge is 0.494 e. The Morgan fingerprint density at radius 3 is 2.74 bits per heavy atom. The maximum Gasteiger partial charge on any atom is 0.336 e. The number of hydrogen-bond acceptors (Lipinski definition) is 8. The summed E-state index contributed by atoms with van der Waals surface area (Å²) in [5.74, 6) is -0.796. The van der Waals surface area contributed by atoms with E-state index in [2.05, 4.69) is 4.99 Å². The molecule has 158 valence electrons. The molecule has 3 heterocycles. The van der Waals surface area contributed by atoms with Gasteiger partial charge in [0.25, 0.3) is 5.56 Å². The molecule has 9 nitrogen and oxygen atoms in total. The summed E-state index contributed by atoms with van der Waals surface area (Å²) < 4.78 is 29.8. The average molecular weight is 439 g/mol. The summed E-state index contributed by atoms with van der Waals surface area (Å²) in [5, 5.41) is 20.9. The molecule has 1 atom stereocenters. The third-order valence-electron chi connectivity index (χ3n) is 5.31. The van der Waals surface area contributed by atoms with E-state index < -0.39 is 32.9 Å². The van der Waals surface area contributed by atoms with Crippen LogP contribution in [0, 0.1) is 18.3 Å². The van der Waals surface area contributed by atoms with Crippen LogP contribution in [-0.4, -0.2) is 35.8 Å². The van der Waals surface area contributed by atoms with E-state index in [1.807, 2.05) is 6.07 Å². The summed E-state index contributed by atoms with van der Waals surface area (Å²) in [5.41, 5.74) is -0.0864. The number of nitrogens with zero attached hydrogens (tertiary/aromatic N) is 3. The van der Waals surface area contributed by atoms with Crippen LogP contribution in [0.1, 0.15) is 29.2 Å². The second-order valence-corrected chi connectivity index (χ2v) is 9.54. The summed E-state index contributed by atoms with van der Waals surface area (Å²) in [4.78, 5) is 28.4. The maximum absolute atomic E-state index is 12.7. The molecule has 3 aromatic rings. The van der Waals surface area contributed by atoms with Gasteiger partial charge >= 0.3 is 5.63 Å². The van der Waals surface area contributed by atoms with Gasteiger partial charge in [0.15, 0.2) is 9.84 Å². The summed E-state index contributed by atoms with van der Waals surface area (Å²) in [6.07, 6.45) is 1.50. The first-order valence-electron chi connectivity index (χ1n) is 9.37. The Balaban J connectivity index is 1.82. The monoisotopic (exact) mass is 439 g/mol. The van der Waals surface area contributed by atoms with E-state index in [4.69, 9.17) is 4.42 Å². The Labute approximate surface area is 176 Å². The Morgan fingerprint density at radius 1 is 1.29 bits per heavy atom. The smallest absolute Gasteiger partial charge is 0.336 e. The molecule has 4 rings (SSSR count). The number of aliphatic imine (C=N–C) groups is 1. The minimum atomic E-state index is -3.32. The predicted molar refractivity (Wildman–Crippen MR) is 114 cm³/mol. The minimum absolute atomic E-state index is 0.0874. The SMILES string of the molecule is Cc1c(C=Nc2ccc3oc(=O)ccc3c2)c(O)n([C@H]2CCS(=O)(=O)C2)c(=O)c1C#N. The van der Waals surface area contributed by atoms with Crippen LogP contribution in [0.25, 0.3) is 11.0 Å². The predicted octanol–water partition coefficient (Wildman–Crippen LogP) is 1.95. The van der Waals surface area contributed by atoms with E-state index in [0.29, 0.717) is 16.7 Å². The molecule has 0 radical (unpaired) electrons. The molecular weight excluding hydrogens is 422 g/mol. The third-order valence-corrected chi connectivity index (χ3v) is 7.06. The van der Waals surface area contributed by atoms with Gasteiger partial charge in [-0.1, -0.05) is 0 Å². The topological polar surface area (TPSA) is 143 Å². The molecule has 0 unspecified atom stereocenters. The summed E-state index contributed by atoms with van der Waals surface area (Å²) in [6.45, 7) is 1.52. The standard InChI is InChI=1S/C21H17N3O6S/c1-12-16(9-22)20(26)24(15-6-7-31(28,29)11-15)21(27)17(12)10-23-14-3-4-18-13(8-14)2-5-19(25)30-18/h2-5,8,10,15,27H,6-7,11H2,1H3/t15-/m0/s1. The lowest BCUT2D eigenvalue weighted by Crippen LogP contribution is -2.29. The fraction of sp³-hybridized carbons (Fsp3) is 0.238. The van der Waals surface area contributed by atoms with E-state index >= 15 is 0 Å². The molecule has 0 saturated carbocycles. The zero-order chi connectivity index (χ0) is 22.3. The van der Waals surface area contributed by atoms with E-state index in [9.17, 15) is 28.4 Å². The van der Waals surface area contributed by atoms with Gasteiger partial charge in [-0.3, -0.25) is 14.4 Å². The molecule has 1 saturated heterocycles. The molecular formula is C21H17N3O6S. The van der Waals surface area contributed by atoms with Crippen LogP contribution < -0.4 is 11.2 Å². The number of fused-ring (bicyclic) bond motifs is 1. The highest BCUT2D eigenvalue weighted by molar-refractivity contribution is 7.91. The lowest BCUT2D eigenvalue weighted by atomic mass is 10.0. The van der Waals surface area contributed by atoms with Gasteiger partial charge in [-0.05, 0) is 43.2 Å². The molecule has 0 aliphatic carbocycles. The van der Waals surface area contributed by atoms with E-state index in [-0.39, 0.29) is 34.6 Å². The van der Waals surface area contributed by atoms with Crippen LogP contribution in [-0.2, 0) is 9.84 Å². The molecule has 0 spiro atoms. The van der Waals surface area contributed by atoms with Crippen LogP contribution in [0.3, 0.4) is 0 Å². The molecule has 1 fully saturated rings. The number of aromatic nitrogens is 1. The lowest BCUT2D eigenvalue weighted by Gasteiger charge is -2.18. The quantitative estimate of drug-likeness (QED) is 0.485. The first-order chi connectivity index (χ1) is 14.7. The van der Waals surface area contributed by atoms with Crippen LogP contribution in [0.15, 0.2) is 49.3 Å². The number of pyridine rings is 1. The number of sulfone groups is 1. The Bertz CT molecular complexity index is 1510. The van der Waals surface area contributed by atoms with Crippen LogP contribution in [0.5, 0.6) is 5.88 Å². The molecule has 2 aromatic heterocycles. The van der Waals surface area contributed by atoms with E-state index in [1.54, 1.807) is 24.3 Å². The third kappa shape index (κ3) is 3.75. The van der Waals surface area contributed by atoms with Gasteiger partial charge in [0.1, 0.15) is 17.2 Å². The number of hydrogen-bond donors (Lipinski definition) is 1. The molecule has 1 N–H and O–H groups in total. The molecule has 0 amide bonds. The number of aromatic hydroxyl groups is 1. The Morgan fingerprint density at radius 2 is 2.06 bits per heavy atom. The molecule has 1 aromatic carbocycles. The average Bonchev–Trinajstić information content (AvgIpc) is 3.07. The second-order valence-electron chi connectivity index (χ2n) is 7.32. The zero-order valence-corrected chi connectivity index (χ0v) is 17.2. The van der Waals surface area contributed by atoms with Crippen molar-refractivity contribution < 1.29 is 17.9 Å². The highest BCUT2D eigenvalue weighted by Crippen LogP contribution is 2.30. The molecule has 0 bridgehead atoms. The number of rotatable bonds is 3. The zero-order valence-electron chi connectivity index (χ0n) is 16.4. The fourth-order valence-electron chi connectivity index (χ4n) is 3.69. The van der Waals surface area contributed by atoms with Gasteiger partial charge in [-0.25, -0.2) is 13.2 Å². The first-order valence-corrected chi connectivity index (χ1v) is 11.2. The van der Waals surface area contributed by atoms with Gasteiger partial charge in [-0.2, -0.15) is 5.26 Å². The lowest BCUT2D eigenvalue weighted by molar-refractivity contribution is 0.379. The van der Waals surface area contributed by atoms with Crippen molar-refractivity contribution in [2.24, 2.45) is 4.99 Å². The molecule has 1 aliphatic heterocycles. The minimum Gasteiger partial charge on any atom is -0.494 e. The van der Waals surface area contributed by atoms with Gasteiger partial charge < -0.3 is 9.52 Å². The number of nitriles is 1. The second kappa shape index (κ2) is 7.52. The van der Waals surface area contributed by atoms with Crippen molar-refractivity contribution in [3.8, 4) is 11.9 Å². The summed E-state index contributed by atoms with van der Waals surface area (Å²) in [7, 11) is -3.32. The highest BCUT2D eigenvalue weighted by Gasteiger charge is 2.33. The van der Waals surface area contributed by atoms with Crippen molar-refractivity contribution in [3.05, 3.63) is 67.8 Å². The molecule has 1 aliphatic rings. The van der Waals surface area contributed by atoms with Crippen LogP contribution >= 0.6 is 0 Å². The Hall–Kier alpha value is -3.71. The van der Waals surface area contributed by atoms with Crippen molar-refractivity contribution in [3.63, 3.8) is 0 Å². The van der Waals surface area contributed by atoms with Crippen molar-refractivity contribution >= 4 is 32.7 Å². The van der Waals surface area contributed by atoms with Gasteiger partial charge in [0.05, 0.1) is 28.8 Å². The van der Waals surface area contributed by atoms with Crippen molar-refractivity contribution in [2.75, 3.05) is 11.5 Å². The maximum atomic E-state index is 12.7. The summed E-state index contributed by atoms with van der Waals surface area (Å²) >= 11 is 0. The van der Waals surface area contributed by atoms with Crippen molar-refractivity contribution in [2.45, 2.75) is 19.4 Å². The highest BCUT2D eigenvalue weighted by atomic mass is 32.2. The molecule has 31 heavy (non-hydrogen) atoms. The normalized spacial score (nSPS) is 17.9. The van der Waals surface area contributed by atoms with Gasteiger partial charge in [0, 0.05) is 17.7 Å². The fourth-order valence-corrected chi connectivity index (χ4v) is 5.39. The summed E-state index contributed by atoms with van der Waals surface area (Å²) in [6, 6.07) is 8.85. The van der Waals surface area contributed by atoms with Gasteiger partial charge in [0.2, 0.25) is 5.88 Å². The van der Waals surface area contributed by atoms with Crippen LogP contribution in [0.4, 0.5) is 5.69 Å². The van der Waals surface area contributed by atoms with Crippen molar-refractivity contribution in [1.82, 2.24) is 4.57 Å². The van der Waals surface area contributed by atoms with Crippen molar-refractivity contribution in [1.29, 1.82) is 5.26 Å². The van der Waals surface area contributed by atoms with E-state index in [1.165, 1.54) is 19.2 Å². The number of benzene rings is 1. The van der Waals surface area contributed by atoms with Crippen LogP contribution in [0.2, 0.25) is 0 Å².